The maximum Gasteiger partial charge on any atom is 0.175 e. The summed E-state index contributed by atoms with van der Waals surface area (Å²) >= 11 is 5.40. The van der Waals surface area contributed by atoms with E-state index in [9.17, 15) is 0 Å². The van der Waals surface area contributed by atoms with Gasteiger partial charge in [0.15, 0.2) is 11.6 Å². The van der Waals surface area contributed by atoms with Crippen molar-refractivity contribution in [2.24, 2.45) is 14.1 Å². The summed E-state index contributed by atoms with van der Waals surface area (Å²) in [5, 5.41) is 16.1. The van der Waals surface area contributed by atoms with Crippen LogP contribution in [-0.2, 0) is 26.6 Å². The van der Waals surface area contributed by atoms with E-state index in [0.29, 0.717) is 17.5 Å². The Kier molecular flexibility index (Phi) is 7.44. The lowest BCUT2D eigenvalue weighted by atomic mass is 10.7. The lowest BCUT2D eigenvalue weighted by molar-refractivity contribution is 0.271. The molecule has 0 fully saturated rings. The molecule has 7 nitrogen and oxygen atoms in total. The van der Waals surface area contributed by atoms with Gasteiger partial charge in [-0.25, -0.2) is 9.97 Å². The van der Waals surface area contributed by atoms with Gasteiger partial charge in [0, 0.05) is 14.1 Å². The summed E-state index contributed by atoms with van der Waals surface area (Å²) in [6, 6.07) is 0. The van der Waals surface area contributed by atoms with Crippen molar-refractivity contribution in [2.75, 3.05) is 0 Å². The van der Waals surface area contributed by atoms with Crippen LogP contribution in [0.2, 0.25) is 0 Å². The average molecular weight is 281 g/mol. The van der Waals surface area contributed by atoms with Crippen LogP contribution >= 0.6 is 24.0 Å². The second kappa shape index (κ2) is 7.99. The van der Waals surface area contributed by atoms with Crippen LogP contribution in [-0.4, -0.2) is 34.6 Å². The van der Waals surface area contributed by atoms with Gasteiger partial charge in [0.25, 0.3) is 0 Å². The maximum absolute atomic E-state index is 8.41. The van der Waals surface area contributed by atoms with Gasteiger partial charge in [-0.1, -0.05) is 0 Å². The van der Waals surface area contributed by atoms with Crippen molar-refractivity contribution in [1.29, 1.82) is 0 Å². The second-order valence-corrected chi connectivity index (χ2v) is 3.23. The number of alkyl halides is 1. The molecule has 2 rings (SSSR count). The number of hydrogen-bond donors (Lipinski definition) is 1. The van der Waals surface area contributed by atoms with Gasteiger partial charge in [-0.05, 0) is 0 Å². The Balaban J connectivity index is 0.000000284. The zero-order valence-corrected chi connectivity index (χ0v) is 11.1. The summed E-state index contributed by atoms with van der Waals surface area (Å²) in [7, 11) is 3.56. The number of aromatic nitrogens is 6. The van der Waals surface area contributed by atoms with Gasteiger partial charge in [-0.15, -0.1) is 24.0 Å². The van der Waals surface area contributed by atoms with Crippen molar-refractivity contribution in [1.82, 2.24) is 29.5 Å². The zero-order chi connectivity index (χ0) is 12.0. The molecule has 96 valence electrons. The Morgan fingerprint density at radius 1 is 1.12 bits per heavy atom. The van der Waals surface area contributed by atoms with Crippen molar-refractivity contribution in [3.05, 3.63) is 24.3 Å². The first-order chi connectivity index (χ1) is 7.65. The third-order valence-corrected chi connectivity index (χ3v) is 1.79. The lowest BCUT2D eigenvalue weighted by Crippen LogP contribution is -1.90. The molecule has 0 bridgehead atoms. The van der Waals surface area contributed by atoms with E-state index >= 15 is 0 Å². The van der Waals surface area contributed by atoms with Gasteiger partial charge in [-0.3, -0.25) is 9.36 Å². The average Bonchev–Trinajstić information content (AvgIpc) is 2.88. The first-order valence-corrected chi connectivity index (χ1v) is 5.05. The molecule has 0 spiro atoms. The Hall–Kier alpha value is -1.18. The maximum atomic E-state index is 8.41. The number of nitrogens with zero attached hydrogens (tertiary/aromatic N) is 6. The molecular formula is C8H14Cl2N6O. The summed E-state index contributed by atoms with van der Waals surface area (Å²) in [4.78, 5) is 7.59. The Labute approximate surface area is 110 Å². The standard InChI is InChI=1S/C4H6ClN3.C4H7N3O.ClH/c1-8-3-6-4(2-5)7-8;1-7-3-5-4(2-8)6-7;/h3H,2H2,1H3;3,8H,2H2,1H3;1H. The fraction of sp³-hybridized carbons (Fsp3) is 0.500. The molecule has 2 aromatic heterocycles. The quantitative estimate of drug-likeness (QED) is 0.800. The highest BCUT2D eigenvalue weighted by molar-refractivity contribution is 6.16. The first kappa shape index (κ1) is 15.8. The molecule has 0 atom stereocenters. The predicted octanol–water partition coefficient (Wildman–Crippen LogP) is 0.283. The highest BCUT2D eigenvalue weighted by Gasteiger charge is 1.92. The second-order valence-electron chi connectivity index (χ2n) is 2.96. The molecule has 9 heteroatoms. The van der Waals surface area contributed by atoms with E-state index in [1.54, 1.807) is 29.1 Å². The van der Waals surface area contributed by atoms with E-state index < -0.39 is 0 Å². The van der Waals surface area contributed by atoms with Crippen LogP contribution in [0, 0.1) is 0 Å². The van der Waals surface area contributed by atoms with E-state index in [2.05, 4.69) is 20.2 Å². The normalized spacial score (nSPS) is 9.18. The summed E-state index contributed by atoms with van der Waals surface area (Å²) in [5.41, 5.74) is 0. The van der Waals surface area contributed by atoms with Gasteiger partial charge in [-0.2, -0.15) is 10.2 Å². The van der Waals surface area contributed by atoms with Crippen LogP contribution in [0.3, 0.4) is 0 Å². The van der Waals surface area contributed by atoms with Gasteiger partial charge >= 0.3 is 0 Å². The molecule has 2 heterocycles. The number of rotatable bonds is 2. The molecule has 0 aliphatic carbocycles. The van der Waals surface area contributed by atoms with Gasteiger partial charge in [0.05, 0.1) is 5.88 Å². The molecule has 0 aliphatic heterocycles. The molecule has 1 N–H and O–H groups in total. The molecule has 0 unspecified atom stereocenters. The molecule has 0 aliphatic rings. The largest absolute Gasteiger partial charge is 0.388 e. The predicted molar refractivity (Wildman–Crippen MR) is 64.7 cm³/mol. The number of halogens is 2. The van der Waals surface area contributed by atoms with Gasteiger partial charge < -0.3 is 5.11 Å². The minimum absolute atomic E-state index is 0. The minimum Gasteiger partial charge on any atom is -0.388 e. The third-order valence-electron chi connectivity index (χ3n) is 1.56. The SMILES string of the molecule is Cl.Cn1cnc(CCl)n1.Cn1cnc(CO)n1. The van der Waals surface area contributed by atoms with Crippen molar-refractivity contribution >= 4 is 24.0 Å². The Morgan fingerprint density at radius 3 is 1.76 bits per heavy atom. The van der Waals surface area contributed by atoms with Gasteiger partial charge in [0.2, 0.25) is 0 Å². The van der Waals surface area contributed by atoms with Gasteiger partial charge in [0.1, 0.15) is 19.3 Å². The van der Waals surface area contributed by atoms with E-state index in [4.69, 9.17) is 16.7 Å². The number of aliphatic hydroxyl groups is 1. The topological polar surface area (TPSA) is 81.7 Å². The monoisotopic (exact) mass is 280 g/mol. The van der Waals surface area contributed by atoms with Crippen LogP contribution in [0.5, 0.6) is 0 Å². The van der Waals surface area contributed by atoms with Crippen LogP contribution < -0.4 is 0 Å². The van der Waals surface area contributed by atoms with Crippen LogP contribution in [0.15, 0.2) is 12.7 Å². The highest BCUT2D eigenvalue weighted by atomic mass is 35.5. The summed E-state index contributed by atoms with van der Waals surface area (Å²) in [6.07, 6.45) is 3.17. The lowest BCUT2D eigenvalue weighted by Gasteiger charge is -1.80. The third kappa shape index (κ3) is 5.62. The van der Waals surface area contributed by atoms with Crippen LogP contribution in [0.1, 0.15) is 11.6 Å². The summed E-state index contributed by atoms with van der Waals surface area (Å²) in [5.74, 6) is 1.53. The molecule has 17 heavy (non-hydrogen) atoms. The van der Waals surface area contributed by atoms with E-state index in [1.165, 1.54) is 0 Å². The summed E-state index contributed by atoms with van der Waals surface area (Å²) < 4.78 is 3.17. The van der Waals surface area contributed by atoms with Crippen molar-refractivity contribution in [2.45, 2.75) is 12.5 Å². The van der Waals surface area contributed by atoms with E-state index in [-0.39, 0.29) is 19.0 Å². The minimum atomic E-state index is -0.0825. The molecule has 0 amide bonds. The van der Waals surface area contributed by atoms with E-state index in [1.807, 2.05) is 7.05 Å². The Morgan fingerprint density at radius 2 is 1.59 bits per heavy atom. The summed E-state index contributed by atoms with van der Waals surface area (Å²) in [6.45, 7) is -0.0825. The van der Waals surface area contributed by atoms with Crippen molar-refractivity contribution < 1.29 is 5.11 Å². The smallest absolute Gasteiger partial charge is 0.175 e. The highest BCUT2D eigenvalue weighted by Crippen LogP contribution is 1.91. The first-order valence-electron chi connectivity index (χ1n) is 4.51. The number of aliphatic hydroxyl groups excluding tert-OH is 1. The fourth-order valence-corrected chi connectivity index (χ4v) is 1.02. The number of hydrogen-bond acceptors (Lipinski definition) is 5. The van der Waals surface area contributed by atoms with Crippen LogP contribution in [0.4, 0.5) is 0 Å². The van der Waals surface area contributed by atoms with E-state index in [0.717, 1.165) is 0 Å². The Bertz CT molecular complexity index is 389. The van der Waals surface area contributed by atoms with Crippen molar-refractivity contribution in [3.8, 4) is 0 Å². The van der Waals surface area contributed by atoms with Crippen molar-refractivity contribution in [3.63, 3.8) is 0 Å². The van der Waals surface area contributed by atoms with Crippen LogP contribution in [0.25, 0.3) is 0 Å². The molecule has 0 saturated heterocycles. The molecule has 0 radical (unpaired) electrons. The molecular weight excluding hydrogens is 267 g/mol. The zero-order valence-electron chi connectivity index (χ0n) is 9.49. The molecule has 0 aromatic carbocycles. The molecule has 0 saturated carbocycles. The fourth-order valence-electron chi connectivity index (χ4n) is 0.902. The number of aryl methyl sites for hydroxylation is 2. The molecule has 2 aromatic rings.